The number of hydrogen-bond donors (Lipinski definition) is 1. The van der Waals surface area contributed by atoms with Gasteiger partial charge in [-0.3, -0.25) is 4.79 Å². The summed E-state index contributed by atoms with van der Waals surface area (Å²) in [6.45, 7) is 4.53. The van der Waals surface area contributed by atoms with Crippen molar-refractivity contribution >= 4 is 33.3 Å². The van der Waals surface area contributed by atoms with Gasteiger partial charge in [0, 0.05) is 23.5 Å². The minimum atomic E-state index is -0.157. The molecule has 0 fully saturated rings. The van der Waals surface area contributed by atoms with E-state index in [4.69, 9.17) is 14.8 Å². The SMILES string of the molecule is Cc1cccc(COc2ccccc2[C@@H]2CC(=O)Nc3c2c(C)nn3-c2nc3ccccc3s2)c1. The second-order valence-electron chi connectivity index (χ2n) is 8.84. The van der Waals surface area contributed by atoms with E-state index in [0.29, 0.717) is 18.8 Å². The Balaban J connectivity index is 1.40. The number of anilines is 1. The quantitative estimate of drug-likeness (QED) is 0.327. The third kappa shape index (κ3) is 3.98. The Morgan fingerprint density at radius 2 is 1.89 bits per heavy atom. The first kappa shape index (κ1) is 21.6. The van der Waals surface area contributed by atoms with Gasteiger partial charge in [-0.15, -0.1) is 0 Å². The molecule has 0 saturated carbocycles. The molecule has 1 aliphatic rings. The first-order valence-corrected chi connectivity index (χ1v) is 12.4. The number of nitrogens with zero attached hydrogens (tertiary/aromatic N) is 3. The van der Waals surface area contributed by atoms with Gasteiger partial charge in [-0.1, -0.05) is 71.5 Å². The molecule has 0 aliphatic carbocycles. The maximum absolute atomic E-state index is 12.9. The van der Waals surface area contributed by atoms with Gasteiger partial charge in [-0.25, -0.2) is 4.98 Å². The number of ether oxygens (including phenoxy) is 1. The van der Waals surface area contributed by atoms with Crippen LogP contribution in [0.4, 0.5) is 5.82 Å². The van der Waals surface area contributed by atoms with Crippen molar-refractivity contribution in [1.82, 2.24) is 14.8 Å². The van der Waals surface area contributed by atoms with Crippen LogP contribution in [0.25, 0.3) is 15.3 Å². The Kier molecular flexibility index (Phi) is 5.34. The van der Waals surface area contributed by atoms with Gasteiger partial charge in [0.05, 0.1) is 15.9 Å². The molecule has 1 N–H and O–H groups in total. The molecule has 0 radical (unpaired) electrons. The molecular formula is C28H24N4O2S. The highest BCUT2D eigenvalue weighted by Gasteiger charge is 2.34. The summed E-state index contributed by atoms with van der Waals surface area (Å²) in [6.07, 6.45) is 0.337. The van der Waals surface area contributed by atoms with Gasteiger partial charge >= 0.3 is 0 Å². The van der Waals surface area contributed by atoms with E-state index in [9.17, 15) is 4.79 Å². The van der Waals surface area contributed by atoms with E-state index in [-0.39, 0.29) is 11.8 Å². The molecule has 5 aromatic rings. The van der Waals surface area contributed by atoms with E-state index in [2.05, 4.69) is 30.4 Å². The number of aryl methyl sites for hydroxylation is 2. The fourth-order valence-electron chi connectivity index (χ4n) is 4.76. The lowest BCUT2D eigenvalue weighted by molar-refractivity contribution is -0.116. The third-order valence-electron chi connectivity index (χ3n) is 6.34. The monoisotopic (exact) mass is 480 g/mol. The van der Waals surface area contributed by atoms with Crippen molar-refractivity contribution < 1.29 is 9.53 Å². The summed E-state index contributed by atoms with van der Waals surface area (Å²) in [5.41, 5.74) is 6.10. The first-order valence-electron chi connectivity index (χ1n) is 11.6. The van der Waals surface area contributed by atoms with E-state index in [1.54, 1.807) is 16.0 Å². The number of hydrogen-bond acceptors (Lipinski definition) is 5. The molecule has 1 aliphatic heterocycles. The summed E-state index contributed by atoms with van der Waals surface area (Å²) >= 11 is 1.56. The lowest BCUT2D eigenvalue weighted by Gasteiger charge is -2.25. The van der Waals surface area contributed by atoms with Crippen LogP contribution >= 0.6 is 11.3 Å². The van der Waals surface area contributed by atoms with Gasteiger partial charge in [-0.2, -0.15) is 9.78 Å². The van der Waals surface area contributed by atoms with Crippen LogP contribution in [0.3, 0.4) is 0 Å². The summed E-state index contributed by atoms with van der Waals surface area (Å²) in [4.78, 5) is 17.7. The number of fused-ring (bicyclic) bond motifs is 2. The van der Waals surface area contributed by atoms with Crippen molar-refractivity contribution in [1.29, 1.82) is 0 Å². The van der Waals surface area contributed by atoms with Gasteiger partial charge in [0.25, 0.3) is 0 Å². The first-order chi connectivity index (χ1) is 17.1. The van der Waals surface area contributed by atoms with E-state index >= 15 is 0 Å². The van der Waals surface area contributed by atoms with Crippen LogP contribution in [0, 0.1) is 13.8 Å². The molecule has 3 heterocycles. The van der Waals surface area contributed by atoms with Gasteiger partial charge in [0.1, 0.15) is 18.2 Å². The zero-order chi connectivity index (χ0) is 23.9. The Hall–Kier alpha value is -3.97. The van der Waals surface area contributed by atoms with Crippen molar-refractivity contribution in [3.63, 3.8) is 0 Å². The number of amides is 1. The van der Waals surface area contributed by atoms with Crippen molar-refractivity contribution in [2.24, 2.45) is 0 Å². The molecule has 1 atom stereocenters. The Bertz CT molecular complexity index is 1540. The maximum atomic E-state index is 12.9. The molecule has 35 heavy (non-hydrogen) atoms. The zero-order valence-corrected chi connectivity index (χ0v) is 20.3. The third-order valence-corrected chi connectivity index (χ3v) is 7.35. The second kappa shape index (κ2) is 8.67. The van der Waals surface area contributed by atoms with Crippen LogP contribution in [-0.4, -0.2) is 20.7 Å². The molecule has 3 aromatic carbocycles. The van der Waals surface area contributed by atoms with Gasteiger partial charge in [0.2, 0.25) is 11.0 Å². The minimum Gasteiger partial charge on any atom is -0.489 e. The number of aromatic nitrogens is 3. The number of para-hydroxylation sites is 2. The van der Waals surface area contributed by atoms with Crippen LogP contribution in [0.1, 0.15) is 40.3 Å². The average molecular weight is 481 g/mol. The van der Waals surface area contributed by atoms with E-state index in [0.717, 1.165) is 43.5 Å². The van der Waals surface area contributed by atoms with Gasteiger partial charge in [0.15, 0.2) is 0 Å². The lowest BCUT2D eigenvalue weighted by atomic mass is 9.85. The normalized spacial score (nSPS) is 15.1. The Morgan fingerprint density at radius 1 is 1.06 bits per heavy atom. The molecule has 0 saturated heterocycles. The number of rotatable bonds is 5. The van der Waals surface area contributed by atoms with Crippen LogP contribution in [-0.2, 0) is 11.4 Å². The second-order valence-corrected chi connectivity index (χ2v) is 9.85. The topological polar surface area (TPSA) is 69.0 Å². The summed E-state index contributed by atoms with van der Waals surface area (Å²) < 4.78 is 9.14. The zero-order valence-electron chi connectivity index (χ0n) is 19.5. The van der Waals surface area contributed by atoms with Gasteiger partial charge in [-0.05, 0) is 37.6 Å². The molecule has 7 heteroatoms. The number of thiazole rings is 1. The lowest BCUT2D eigenvalue weighted by Crippen LogP contribution is -2.25. The van der Waals surface area contributed by atoms with Crippen molar-refractivity contribution in [3.05, 3.63) is 101 Å². The summed E-state index contributed by atoms with van der Waals surface area (Å²) in [5.74, 6) is 1.27. The molecule has 2 aromatic heterocycles. The van der Waals surface area contributed by atoms with E-state index in [1.807, 2.05) is 61.5 Å². The van der Waals surface area contributed by atoms with Crippen molar-refractivity contribution in [3.8, 4) is 10.9 Å². The molecule has 0 bridgehead atoms. The number of carbonyl (C=O) groups excluding carboxylic acids is 1. The largest absolute Gasteiger partial charge is 0.489 e. The fraction of sp³-hybridized carbons (Fsp3) is 0.179. The van der Waals surface area contributed by atoms with Crippen molar-refractivity contribution in [2.75, 3.05) is 5.32 Å². The molecule has 1 amide bonds. The average Bonchev–Trinajstić information content (AvgIpc) is 3.43. The molecule has 0 spiro atoms. The number of benzene rings is 3. The van der Waals surface area contributed by atoms with Crippen LogP contribution < -0.4 is 10.1 Å². The predicted molar refractivity (Wildman–Crippen MR) is 139 cm³/mol. The molecule has 0 unspecified atom stereocenters. The highest BCUT2D eigenvalue weighted by molar-refractivity contribution is 7.20. The molecule has 174 valence electrons. The fourth-order valence-corrected chi connectivity index (χ4v) is 5.69. The minimum absolute atomic E-state index is 0.0433. The van der Waals surface area contributed by atoms with Crippen LogP contribution in [0.2, 0.25) is 0 Å². The summed E-state index contributed by atoms with van der Waals surface area (Å²) in [7, 11) is 0. The van der Waals surface area contributed by atoms with E-state index < -0.39 is 0 Å². The Labute approximate surface area is 207 Å². The standard InChI is InChI=1S/C28H24N4O2S/c1-17-8-7-9-19(14-17)16-34-23-12-5-3-10-20(23)21-15-25(33)30-27-26(21)18(2)31-32(27)28-29-22-11-4-6-13-24(22)35-28/h3-14,21H,15-16H2,1-2H3,(H,30,33)/t21-/m0/s1. The Morgan fingerprint density at radius 3 is 2.74 bits per heavy atom. The molecule has 6 rings (SSSR count). The summed E-state index contributed by atoms with van der Waals surface area (Å²) in [6, 6.07) is 24.3. The number of carbonyl (C=O) groups is 1. The van der Waals surface area contributed by atoms with Gasteiger partial charge < -0.3 is 10.1 Å². The molecular weight excluding hydrogens is 456 g/mol. The number of nitrogens with one attached hydrogen (secondary N) is 1. The van der Waals surface area contributed by atoms with Crippen LogP contribution in [0.5, 0.6) is 5.75 Å². The predicted octanol–water partition coefficient (Wildman–Crippen LogP) is 6.15. The molecule has 6 nitrogen and oxygen atoms in total. The van der Waals surface area contributed by atoms with E-state index in [1.165, 1.54) is 5.56 Å². The highest BCUT2D eigenvalue weighted by Crippen LogP contribution is 2.43. The smallest absolute Gasteiger partial charge is 0.226 e. The maximum Gasteiger partial charge on any atom is 0.226 e. The van der Waals surface area contributed by atoms with Crippen LogP contribution in [0.15, 0.2) is 72.8 Å². The van der Waals surface area contributed by atoms with Crippen molar-refractivity contribution in [2.45, 2.75) is 32.8 Å². The summed E-state index contributed by atoms with van der Waals surface area (Å²) in [5, 5.41) is 8.61. The highest BCUT2D eigenvalue weighted by atomic mass is 32.1.